The fourth-order valence-electron chi connectivity index (χ4n) is 1.17. The Morgan fingerprint density at radius 2 is 1.71 bits per heavy atom. The lowest BCUT2D eigenvalue weighted by molar-refractivity contribution is 0.921. The van der Waals surface area contributed by atoms with Crippen molar-refractivity contribution in [1.29, 1.82) is 0 Å². The zero-order valence-corrected chi connectivity index (χ0v) is 9.51. The van der Waals surface area contributed by atoms with Crippen LogP contribution in [-0.4, -0.2) is 0 Å². The first-order valence-electron chi connectivity index (χ1n) is 5.27. The normalized spacial score (nSPS) is 8.79. The van der Waals surface area contributed by atoms with Crippen LogP contribution in [0.25, 0.3) is 5.70 Å². The van der Waals surface area contributed by atoms with Crippen molar-refractivity contribution in [2.24, 2.45) is 5.73 Å². The largest absolute Gasteiger partial charge is 0.399 e. The van der Waals surface area contributed by atoms with E-state index in [1.54, 1.807) is 0 Å². The third-order valence-electron chi connectivity index (χ3n) is 1.86. The second kappa shape index (κ2) is 7.19. The molecule has 1 rings (SSSR count). The molecular formula is C13H21N. The van der Waals surface area contributed by atoms with Gasteiger partial charge in [0.2, 0.25) is 0 Å². The van der Waals surface area contributed by atoms with E-state index in [1.165, 1.54) is 12.0 Å². The Balaban J connectivity index is 0.000000791. The summed E-state index contributed by atoms with van der Waals surface area (Å²) >= 11 is 0. The first kappa shape index (κ1) is 12.8. The highest BCUT2D eigenvalue weighted by Crippen LogP contribution is 2.09. The number of rotatable bonds is 3. The van der Waals surface area contributed by atoms with Crippen LogP contribution in [-0.2, 0) is 6.42 Å². The minimum atomic E-state index is 0.637. The number of aryl methyl sites for hydroxylation is 1. The van der Waals surface area contributed by atoms with E-state index in [1.807, 2.05) is 26.0 Å². The van der Waals surface area contributed by atoms with Gasteiger partial charge in [0.05, 0.1) is 0 Å². The van der Waals surface area contributed by atoms with Crippen molar-refractivity contribution in [2.45, 2.75) is 33.6 Å². The molecule has 0 bridgehead atoms. The predicted molar refractivity (Wildman–Crippen MR) is 65.0 cm³/mol. The molecule has 1 aromatic rings. The van der Waals surface area contributed by atoms with E-state index in [0.29, 0.717) is 5.70 Å². The van der Waals surface area contributed by atoms with Crippen LogP contribution in [0.3, 0.4) is 0 Å². The molecule has 1 nitrogen and oxygen atoms in total. The van der Waals surface area contributed by atoms with Crippen LogP contribution in [0.4, 0.5) is 0 Å². The first-order valence-corrected chi connectivity index (χ1v) is 5.27. The third kappa shape index (κ3) is 4.13. The topological polar surface area (TPSA) is 26.0 Å². The van der Waals surface area contributed by atoms with E-state index in [-0.39, 0.29) is 0 Å². The van der Waals surface area contributed by atoms with Gasteiger partial charge >= 0.3 is 0 Å². The van der Waals surface area contributed by atoms with Crippen molar-refractivity contribution in [3.63, 3.8) is 0 Å². The van der Waals surface area contributed by atoms with Gasteiger partial charge in [0.25, 0.3) is 0 Å². The minimum Gasteiger partial charge on any atom is -0.399 e. The molecule has 0 fully saturated rings. The summed E-state index contributed by atoms with van der Waals surface area (Å²) in [7, 11) is 0. The van der Waals surface area contributed by atoms with E-state index in [2.05, 4.69) is 25.6 Å². The average Bonchev–Trinajstić information content (AvgIpc) is 2.22. The van der Waals surface area contributed by atoms with Crippen molar-refractivity contribution in [3.05, 3.63) is 42.0 Å². The minimum absolute atomic E-state index is 0.637. The van der Waals surface area contributed by atoms with E-state index in [4.69, 9.17) is 5.73 Å². The summed E-state index contributed by atoms with van der Waals surface area (Å²) < 4.78 is 0. The fraction of sp³-hybridized carbons (Fsp3) is 0.385. The molecule has 0 aliphatic rings. The Morgan fingerprint density at radius 1 is 1.21 bits per heavy atom. The summed E-state index contributed by atoms with van der Waals surface area (Å²) in [4.78, 5) is 0. The van der Waals surface area contributed by atoms with Crippen molar-refractivity contribution < 1.29 is 0 Å². The average molecular weight is 191 g/mol. The summed E-state index contributed by atoms with van der Waals surface area (Å²) in [5.41, 5.74) is 8.57. The highest BCUT2D eigenvalue weighted by Gasteiger charge is 1.93. The highest BCUT2D eigenvalue weighted by molar-refractivity contribution is 5.60. The Kier molecular flexibility index (Phi) is 6.55. The summed E-state index contributed by atoms with van der Waals surface area (Å²) in [5.74, 6) is 0. The Labute approximate surface area is 87.6 Å². The standard InChI is InChI=1S/C11H15N.C2H6/c1-3-4-10-5-7-11(8-6-10)9(2)12;1-2/h5-8H,2-4,12H2,1H3;1-2H3. The van der Waals surface area contributed by atoms with Gasteiger partial charge in [0.15, 0.2) is 0 Å². The maximum atomic E-state index is 5.54. The van der Waals surface area contributed by atoms with Gasteiger partial charge in [-0.1, -0.05) is 58.0 Å². The van der Waals surface area contributed by atoms with Crippen LogP contribution < -0.4 is 5.73 Å². The van der Waals surface area contributed by atoms with Crippen LogP contribution in [0, 0.1) is 0 Å². The van der Waals surface area contributed by atoms with Gasteiger partial charge in [-0.05, 0) is 17.5 Å². The van der Waals surface area contributed by atoms with Crippen molar-refractivity contribution >= 4 is 5.70 Å². The molecule has 0 aliphatic heterocycles. The lowest BCUT2D eigenvalue weighted by atomic mass is 10.1. The lowest BCUT2D eigenvalue weighted by Gasteiger charge is -2.01. The van der Waals surface area contributed by atoms with Gasteiger partial charge in [0.1, 0.15) is 0 Å². The molecule has 0 unspecified atom stereocenters. The number of nitrogens with two attached hydrogens (primary N) is 1. The van der Waals surface area contributed by atoms with Gasteiger partial charge in [-0.25, -0.2) is 0 Å². The number of benzene rings is 1. The van der Waals surface area contributed by atoms with Crippen LogP contribution in [0.2, 0.25) is 0 Å². The summed E-state index contributed by atoms with van der Waals surface area (Å²) in [6.07, 6.45) is 2.32. The maximum Gasteiger partial charge on any atom is 0.0314 e. The fourth-order valence-corrected chi connectivity index (χ4v) is 1.17. The van der Waals surface area contributed by atoms with Crippen molar-refractivity contribution in [2.75, 3.05) is 0 Å². The number of hydrogen-bond donors (Lipinski definition) is 1. The van der Waals surface area contributed by atoms with Gasteiger partial charge in [-0.15, -0.1) is 0 Å². The molecule has 0 saturated heterocycles. The molecule has 0 saturated carbocycles. The SMILES string of the molecule is C=C(N)c1ccc(CCC)cc1.CC. The lowest BCUT2D eigenvalue weighted by Crippen LogP contribution is -1.93. The second-order valence-corrected chi connectivity index (χ2v) is 2.97. The zero-order chi connectivity index (χ0) is 11.0. The molecule has 0 heterocycles. The summed E-state index contributed by atoms with van der Waals surface area (Å²) in [6.45, 7) is 9.86. The van der Waals surface area contributed by atoms with E-state index < -0.39 is 0 Å². The summed E-state index contributed by atoms with van der Waals surface area (Å²) in [6, 6.07) is 8.26. The molecule has 0 aromatic heterocycles. The molecule has 78 valence electrons. The molecule has 0 radical (unpaired) electrons. The predicted octanol–water partition coefficient (Wildman–Crippen LogP) is 3.59. The zero-order valence-electron chi connectivity index (χ0n) is 9.51. The third-order valence-corrected chi connectivity index (χ3v) is 1.86. The Morgan fingerprint density at radius 3 is 2.07 bits per heavy atom. The van der Waals surface area contributed by atoms with E-state index in [9.17, 15) is 0 Å². The van der Waals surface area contributed by atoms with Crippen molar-refractivity contribution in [3.8, 4) is 0 Å². The monoisotopic (exact) mass is 191 g/mol. The van der Waals surface area contributed by atoms with Gasteiger partial charge in [-0.3, -0.25) is 0 Å². The van der Waals surface area contributed by atoms with Gasteiger partial charge in [0, 0.05) is 5.70 Å². The molecule has 0 aliphatic carbocycles. The van der Waals surface area contributed by atoms with E-state index >= 15 is 0 Å². The first-order chi connectivity index (χ1) is 6.74. The highest BCUT2D eigenvalue weighted by atomic mass is 14.6. The summed E-state index contributed by atoms with van der Waals surface area (Å²) in [5, 5.41) is 0. The molecule has 2 N–H and O–H groups in total. The van der Waals surface area contributed by atoms with Gasteiger partial charge < -0.3 is 5.73 Å². The Hall–Kier alpha value is -1.24. The van der Waals surface area contributed by atoms with Crippen molar-refractivity contribution in [1.82, 2.24) is 0 Å². The van der Waals surface area contributed by atoms with E-state index in [0.717, 1.165) is 12.0 Å². The van der Waals surface area contributed by atoms with Gasteiger partial charge in [-0.2, -0.15) is 0 Å². The molecular weight excluding hydrogens is 170 g/mol. The smallest absolute Gasteiger partial charge is 0.0314 e. The molecule has 14 heavy (non-hydrogen) atoms. The van der Waals surface area contributed by atoms with Crippen LogP contribution >= 0.6 is 0 Å². The maximum absolute atomic E-state index is 5.54. The second-order valence-electron chi connectivity index (χ2n) is 2.97. The molecule has 1 heteroatoms. The van der Waals surface area contributed by atoms with Crippen LogP contribution in [0.5, 0.6) is 0 Å². The Bertz CT molecular complexity index is 259. The molecule has 1 aromatic carbocycles. The molecule has 0 spiro atoms. The van der Waals surface area contributed by atoms with Crippen LogP contribution in [0.15, 0.2) is 30.8 Å². The number of hydrogen-bond acceptors (Lipinski definition) is 1. The van der Waals surface area contributed by atoms with Crippen LogP contribution in [0.1, 0.15) is 38.3 Å². The molecule has 0 amide bonds. The quantitative estimate of drug-likeness (QED) is 0.776. The molecule has 0 atom stereocenters.